The van der Waals surface area contributed by atoms with E-state index in [1.165, 1.54) is 0 Å². The first-order valence-electron chi connectivity index (χ1n) is 2.71. The molecule has 0 amide bonds. The first kappa shape index (κ1) is 14.8. The van der Waals surface area contributed by atoms with Gasteiger partial charge in [-0.2, -0.15) is 0 Å². The molecule has 76 valence electrons. The van der Waals surface area contributed by atoms with Gasteiger partial charge in [0, 0.05) is 7.11 Å². The Labute approximate surface area is 69.4 Å². The van der Waals surface area contributed by atoms with Crippen LogP contribution in [0.1, 0.15) is 6.92 Å². The van der Waals surface area contributed by atoms with Crippen LogP contribution >= 0.6 is 15.2 Å². The molecule has 0 rings (SSSR count). The molecule has 0 spiro atoms. The molecule has 0 aromatic carbocycles. The summed E-state index contributed by atoms with van der Waals surface area (Å²) in [6.07, 6.45) is 0. The predicted octanol–water partition coefficient (Wildman–Crippen LogP) is -0.704. The molecule has 7 nitrogen and oxygen atoms in total. The van der Waals surface area contributed by atoms with Gasteiger partial charge in [0.2, 0.25) is 0 Å². The second kappa shape index (κ2) is 5.09. The van der Waals surface area contributed by atoms with Crippen LogP contribution in [0.25, 0.3) is 0 Å². The fourth-order valence-corrected chi connectivity index (χ4v) is 1.76. The Morgan fingerprint density at radius 1 is 0.917 bits per heavy atom. The zero-order chi connectivity index (χ0) is 10.6. The Bertz CT molecular complexity index is 179. The molecule has 12 heavy (non-hydrogen) atoms. The molecule has 9 heteroatoms. The molecule has 0 aromatic heterocycles. The first-order chi connectivity index (χ1) is 5.15. The van der Waals surface area contributed by atoms with E-state index in [0.29, 0.717) is 0 Å². The van der Waals surface area contributed by atoms with Gasteiger partial charge in [0.05, 0.1) is 0 Å². The van der Waals surface area contributed by atoms with Gasteiger partial charge in [-0.25, -0.2) is 0 Å². The maximum Gasteiger partial charge on any atom is 0.340 e. The highest BCUT2D eigenvalue weighted by atomic mass is 31.2. The molecule has 0 heterocycles. The number of aliphatic hydroxyl groups is 1. The van der Waals surface area contributed by atoms with Crippen molar-refractivity contribution in [2.24, 2.45) is 0 Å². The second-order valence-electron chi connectivity index (χ2n) is 1.81. The van der Waals surface area contributed by atoms with Crippen molar-refractivity contribution >= 4 is 15.2 Å². The Morgan fingerprint density at radius 2 is 1.08 bits per heavy atom. The maximum atomic E-state index is 10.2. The van der Waals surface area contributed by atoms with E-state index in [1.54, 1.807) is 0 Å². The molecule has 0 fully saturated rings. The van der Waals surface area contributed by atoms with Gasteiger partial charge in [0.15, 0.2) is 5.40 Å². The van der Waals surface area contributed by atoms with Crippen molar-refractivity contribution in [3.63, 3.8) is 0 Å². The van der Waals surface area contributed by atoms with E-state index in [-0.39, 0.29) is 0 Å². The Kier molecular flexibility index (Phi) is 6.26. The lowest BCUT2D eigenvalue weighted by atomic mass is 11.0. The molecular formula is C3H12O7P2. The van der Waals surface area contributed by atoms with Crippen molar-refractivity contribution < 1.29 is 33.8 Å². The van der Waals surface area contributed by atoms with Crippen LogP contribution in [-0.2, 0) is 9.13 Å². The zero-order valence-corrected chi connectivity index (χ0v) is 8.31. The summed E-state index contributed by atoms with van der Waals surface area (Å²) in [5.74, 6) is 0. The molecule has 0 saturated heterocycles. The molecule has 0 aliphatic heterocycles. The molecule has 0 aliphatic rings. The van der Waals surface area contributed by atoms with Crippen LogP contribution in [0.3, 0.4) is 0 Å². The zero-order valence-electron chi connectivity index (χ0n) is 6.52. The summed E-state index contributed by atoms with van der Waals surface area (Å²) in [5, 5.41) is 5.10. The molecule has 0 saturated carbocycles. The van der Waals surface area contributed by atoms with Crippen molar-refractivity contribution in [3.8, 4) is 0 Å². The van der Waals surface area contributed by atoms with Gasteiger partial charge in [-0.15, -0.1) is 0 Å². The van der Waals surface area contributed by atoms with Crippen LogP contribution in [0.5, 0.6) is 0 Å². The molecule has 0 aromatic rings. The fraction of sp³-hybridized carbons (Fsp3) is 1.00. The highest BCUT2D eigenvalue weighted by Crippen LogP contribution is 2.59. The average Bonchev–Trinajstić information content (AvgIpc) is 1.87. The third-order valence-corrected chi connectivity index (χ3v) is 4.73. The normalized spacial score (nSPS) is 12.3. The highest BCUT2D eigenvalue weighted by molar-refractivity contribution is 7.70. The van der Waals surface area contributed by atoms with Crippen LogP contribution in [0, 0.1) is 0 Å². The van der Waals surface area contributed by atoms with Gasteiger partial charge in [-0.1, -0.05) is 0 Å². The van der Waals surface area contributed by atoms with Crippen molar-refractivity contribution in [2.75, 3.05) is 7.11 Å². The van der Waals surface area contributed by atoms with E-state index in [2.05, 4.69) is 0 Å². The quantitative estimate of drug-likeness (QED) is 0.389. The van der Waals surface area contributed by atoms with Crippen molar-refractivity contribution in [2.45, 2.75) is 12.3 Å². The minimum Gasteiger partial charge on any atom is -0.400 e. The molecule has 0 radical (unpaired) electrons. The van der Waals surface area contributed by atoms with Crippen molar-refractivity contribution in [1.29, 1.82) is 0 Å². The predicted molar refractivity (Wildman–Crippen MR) is 41.7 cm³/mol. The van der Waals surface area contributed by atoms with Crippen LogP contribution in [0.2, 0.25) is 0 Å². The summed E-state index contributed by atoms with van der Waals surface area (Å²) in [5.41, 5.74) is 0. The number of aliphatic hydroxyl groups excluding tert-OH is 1. The molecule has 5 N–H and O–H groups in total. The molecule has 0 aliphatic carbocycles. The highest BCUT2D eigenvalue weighted by Gasteiger charge is 2.38. The summed E-state index contributed by atoms with van der Waals surface area (Å²) in [6, 6.07) is 0. The van der Waals surface area contributed by atoms with Crippen LogP contribution < -0.4 is 0 Å². The van der Waals surface area contributed by atoms with Crippen LogP contribution in [-0.4, -0.2) is 37.2 Å². The lowest BCUT2D eigenvalue weighted by molar-refractivity contribution is 0.342. The topological polar surface area (TPSA) is 135 Å². The largest absolute Gasteiger partial charge is 0.400 e. The Morgan fingerprint density at radius 3 is 1.08 bits per heavy atom. The van der Waals surface area contributed by atoms with Gasteiger partial charge in [0.1, 0.15) is 0 Å². The monoisotopic (exact) mass is 222 g/mol. The third kappa shape index (κ3) is 5.85. The fourth-order valence-electron chi connectivity index (χ4n) is 0.196. The maximum absolute atomic E-state index is 10.2. The van der Waals surface area contributed by atoms with Crippen molar-refractivity contribution in [3.05, 3.63) is 0 Å². The summed E-state index contributed by atoms with van der Waals surface area (Å²) < 4.78 is 20.4. The number of hydrogen-bond acceptors (Lipinski definition) is 3. The lowest BCUT2D eigenvalue weighted by Crippen LogP contribution is -2.02. The van der Waals surface area contributed by atoms with E-state index >= 15 is 0 Å². The third-order valence-electron chi connectivity index (χ3n) is 0.974. The smallest absolute Gasteiger partial charge is 0.340 e. The Balaban J connectivity index is 0. The van der Waals surface area contributed by atoms with Crippen LogP contribution in [0.15, 0.2) is 0 Å². The van der Waals surface area contributed by atoms with E-state index in [1.807, 2.05) is 0 Å². The van der Waals surface area contributed by atoms with Crippen LogP contribution in [0.4, 0.5) is 0 Å². The lowest BCUT2D eigenvalue weighted by Gasteiger charge is -2.13. The molecule has 0 atom stereocenters. The van der Waals surface area contributed by atoms with E-state index < -0.39 is 20.6 Å². The van der Waals surface area contributed by atoms with Gasteiger partial charge in [-0.05, 0) is 6.92 Å². The Hall–Kier alpha value is 0.260. The van der Waals surface area contributed by atoms with Gasteiger partial charge < -0.3 is 24.7 Å². The molecular weight excluding hydrogens is 210 g/mol. The molecule has 0 unspecified atom stereocenters. The van der Waals surface area contributed by atoms with Crippen molar-refractivity contribution in [1.82, 2.24) is 0 Å². The van der Waals surface area contributed by atoms with Gasteiger partial charge in [-0.3, -0.25) is 9.13 Å². The summed E-state index contributed by atoms with van der Waals surface area (Å²) in [7, 11) is -8.28. The minimum absolute atomic E-state index is 0.807. The number of hydrogen-bond donors (Lipinski definition) is 5. The molecule has 0 bridgehead atoms. The van der Waals surface area contributed by atoms with E-state index in [0.717, 1.165) is 14.0 Å². The summed E-state index contributed by atoms with van der Waals surface area (Å²) >= 11 is 0. The number of rotatable bonds is 2. The van der Waals surface area contributed by atoms with Gasteiger partial charge in [0.25, 0.3) is 0 Å². The second-order valence-corrected chi connectivity index (χ2v) is 6.12. The average molecular weight is 222 g/mol. The van der Waals surface area contributed by atoms with E-state index in [9.17, 15) is 9.13 Å². The minimum atomic E-state index is -4.64. The first-order valence-corrected chi connectivity index (χ1v) is 6.07. The standard InChI is InChI=1S/C2H8O6P2.CH4O/c1-2(9(3,4)5)10(6,7)8;1-2/h2H,1H3,(H2,3,4,5)(H2,6,7,8);2H,1H3. The SMILES string of the molecule is CC(P(=O)(O)O)P(=O)(O)O.CO. The van der Waals surface area contributed by atoms with E-state index in [4.69, 9.17) is 24.7 Å². The summed E-state index contributed by atoms with van der Waals surface area (Å²) in [6.45, 7) is 0.807. The van der Waals surface area contributed by atoms with Gasteiger partial charge >= 0.3 is 15.2 Å². The summed E-state index contributed by atoms with van der Waals surface area (Å²) in [4.78, 5) is 33.0.